The van der Waals surface area contributed by atoms with Crippen molar-refractivity contribution in [2.45, 2.75) is 71.8 Å². The van der Waals surface area contributed by atoms with E-state index in [-0.39, 0.29) is 22.7 Å². The number of nitrogens with zero attached hydrogens (tertiary/aromatic N) is 1. The van der Waals surface area contributed by atoms with Crippen LogP contribution in [0.1, 0.15) is 65.7 Å². The van der Waals surface area contributed by atoms with Gasteiger partial charge < -0.3 is 10.0 Å². The van der Waals surface area contributed by atoms with E-state index in [1.807, 2.05) is 0 Å². The molecule has 3 aliphatic rings. The van der Waals surface area contributed by atoms with Gasteiger partial charge in [-0.05, 0) is 42.9 Å². The smallest absolute Gasteiger partial charge is 0.307 e. The number of aliphatic carboxylic acids is 1. The number of fused-ring (bicyclic) bond motifs is 2. The Morgan fingerprint density at radius 3 is 2.32 bits per heavy atom. The van der Waals surface area contributed by atoms with Crippen LogP contribution in [-0.4, -0.2) is 34.5 Å². The summed E-state index contributed by atoms with van der Waals surface area (Å²) < 4.78 is 0. The van der Waals surface area contributed by atoms with Crippen molar-refractivity contribution in [3.63, 3.8) is 0 Å². The Labute approximate surface area is 133 Å². The highest BCUT2D eigenvalue weighted by molar-refractivity contribution is 5.85. The highest BCUT2D eigenvalue weighted by Gasteiger charge is 2.52. The van der Waals surface area contributed by atoms with Crippen molar-refractivity contribution in [1.29, 1.82) is 0 Å². The van der Waals surface area contributed by atoms with Crippen LogP contribution in [0.25, 0.3) is 0 Å². The number of likely N-dealkylation sites (tertiary alicyclic amines) is 1. The zero-order chi connectivity index (χ0) is 16.1. The van der Waals surface area contributed by atoms with Gasteiger partial charge in [-0.2, -0.15) is 0 Å². The number of carboxylic acid groups (broad SMARTS) is 1. The Morgan fingerprint density at radius 2 is 1.68 bits per heavy atom. The lowest BCUT2D eigenvalue weighted by Gasteiger charge is -2.40. The number of hydrogen-bond donors (Lipinski definition) is 1. The molecule has 4 heteroatoms. The summed E-state index contributed by atoms with van der Waals surface area (Å²) in [5, 5.41) is 9.45. The number of carbonyl (C=O) groups is 2. The van der Waals surface area contributed by atoms with E-state index in [2.05, 4.69) is 25.7 Å². The first-order chi connectivity index (χ1) is 10.2. The van der Waals surface area contributed by atoms with Gasteiger partial charge in [0.25, 0.3) is 0 Å². The Kier molecular flexibility index (Phi) is 3.77. The average Bonchev–Trinajstić information content (AvgIpc) is 2.67. The summed E-state index contributed by atoms with van der Waals surface area (Å²) in [6.45, 7) is 7.71. The summed E-state index contributed by atoms with van der Waals surface area (Å²) in [7, 11) is 0. The molecule has 1 saturated heterocycles. The quantitative estimate of drug-likeness (QED) is 0.851. The third-order valence-electron chi connectivity index (χ3n) is 6.10. The first-order valence-corrected chi connectivity index (χ1v) is 8.74. The van der Waals surface area contributed by atoms with Crippen molar-refractivity contribution in [2.24, 2.45) is 22.7 Å². The predicted octanol–water partition coefficient (Wildman–Crippen LogP) is 3.30. The molecule has 2 bridgehead atoms. The van der Waals surface area contributed by atoms with E-state index in [1.54, 1.807) is 0 Å². The molecule has 1 amide bonds. The third kappa shape index (κ3) is 2.77. The molecule has 22 heavy (non-hydrogen) atoms. The molecule has 1 N–H and O–H groups in total. The lowest BCUT2D eigenvalue weighted by Crippen LogP contribution is -2.45. The van der Waals surface area contributed by atoms with E-state index in [9.17, 15) is 14.7 Å². The fourth-order valence-electron chi connectivity index (χ4n) is 5.65. The fourth-order valence-corrected chi connectivity index (χ4v) is 5.65. The lowest BCUT2D eigenvalue weighted by molar-refractivity contribution is -0.152. The van der Waals surface area contributed by atoms with E-state index >= 15 is 0 Å². The maximum absolute atomic E-state index is 13.1. The number of rotatable bonds is 2. The normalized spacial score (nSPS) is 40.5. The van der Waals surface area contributed by atoms with Crippen LogP contribution in [0.2, 0.25) is 0 Å². The van der Waals surface area contributed by atoms with Crippen LogP contribution in [0.3, 0.4) is 0 Å². The Morgan fingerprint density at radius 1 is 1.05 bits per heavy atom. The van der Waals surface area contributed by atoms with Crippen molar-refractivity contribution in [2.75, 3.05) is 6.54 Å². The summed E-state index contributed by atoms with van der Waals surface area (Å²) in [5.41, 5.74) is 0.501. The molecule has 1 heterocycles. The summed E-state index contributed by atoms with van der Waals surface area (Å²) in [6.07, 6.45) is 6.64. The van der Waals surface area contributed by atoms with Crippen molar-refractivity contribution in [1.82, 2.24) is 4.90 Å². The molecule has 3 rings (SSSR count). The molecule has 124 valence electrons. The second kappa shape index (κ2) is 5.24. The molecular formula is C18H29NO3. The minimum Gasteiger partial charge on any atom is -0.481 e. The van der Waals surface area contributed by atoms with Gasteiger partial charge in [-0.15, -0.1) is 0 Å². The van der Waals surface area contributed by atoms with Crippen LogP contribution in [0, 0.1) is 22.7 Å². The molecule has 2 saturated carbocycles. The Hall–Kier alpha value is -1.06. The first kappa shape index (κ1) is 15.8. The summed E-state index contributed by atoms with van der Waals surface area (Å²) in [4.78, 5) is 26.6. The minimum absolute atomic E-state index is 0.124. The second-order valence-electron chi connectivity index (χ2n) is 9.02. The summed E-state index contributed by atoms with van der Waals surface area (Å²) in [5.74, 6) is -1.43. The first-order valence-electron chi connectivity index (χ1n) is 8.74. The van der Waals surface area contributed by atoms with Gasteiger partial charge in [0.1, 0.15) is 0 Å². The standard InChI is InChI=1S/C18H29NO3/c1-17(2)8-12-9-18(3,10-17)11-19(12)15(20)13-6-4-5-7-14(13)16(21)22/h12-14H,4-11H2,1-3H3,(H,21,22)/t12-,13-,14+,18-/m0/s1. The van der Waals surface area contributed by atoms with Crippen LogP contribution in [0.4, 0.5) is 0 Å². The van der Waals surface area contributed by atoms with Gasteiger partial charge in [-0.3, -0.25) is 9.59 Å². The Bertz CT molecular complexity index is 487. The zero-order valence-electron chi connectivity index (χ0n) is 14.1. The van der Waals surface area contributed by atoms with Gasteiger partial charge in [0.2, 0.25) is 5.91 Å². The molecule has 4 atom stereocenters. The van der Waals surface area contributed by atoms with Crippen LogP contribution in [0.15, 0.2) is 0 Å². The van der Waals surface area contributed by atoms with Crippen LogP contribution in [-0.2, 0) is 9.59 Å². The van der Waals surface area contributed by atoms with Crippen LogP contribution >= 0.6 is 0 Å². The monoisotopic (exact) mass is 307 g/mol. The van der Waals surface area contributed by atoms with E-state index < -0.39 is 11.9 Å². The van der Waals surface area contributed by atoms with Crippen LogP contribution in [0.5, 0.6) is 0 Å². The SMILES string of the molecule is CC1(C)C[C@H]2C[C@](C)(CN2C(=O)[C@H]2CCCC[C@H]2C(=O)O)C1. The lowest BCUT2D eigenvalue weighted by atomic mass is 9.65. The van der Waals surface area contributed by atoms with Gasteiger partial charge >= 0.3 is 5.97 Å². The highest BCUT2D eigenvalue weighted by Crippen LogP contribution is 2.53. The number of carboxylic acids is 1. The molecular weight excluding hydrogens is 278 g/mol. The highest BCUT2D eigenvalue weighted by atomic mass is 16.4. The topological polar surface area (TPSA) is 57.6 Å². The third-order valence-corrected chi connectivity index (χ3v) is 6.10. The Balaban J connectivity index is 1.79. The second-order valence-corrected chi connectivity index (χ2v) is 9.02. The predicted molar refractivity (Wildman–Crippen MR) is 84.3 cm³/mol. The maximum Gasteiger partial charge on any atom is 0.307 e. The van der Waals surface area contributed by atoms with E-state index in [0.717, 1.165) is 45.1 Å². The molecule has 0 spiro atoms. The molecule has 3 fully saturated rings. The van der Waals surface area contributed by atoms with E-state index in [0.29, 0.717) is 12.5 Å². The summed E-state index contributed by atoms with van der Waals surface area (Å²) >= 11 is 0. The largest absolute Gasteiger partial charge is 0.481 e. The van der Waals surface area contributed by atoms with E-state index in [1.165, 1.54) is 0 Å². The van der Waals surface area contributed by atoms with Gasteiger partial charge in [0.15, 0.2) is 0 Å². The molecule has 1 aliphatic heterocycles. The van der Waals surface area contributed by atoms with Gasteiger partial charge in [0.05, 0.1) is 11.8 Å². The molecule has 0 aromatic heterocycles. The maximum atomic E-state index is 13.1. The summed E-state index contributed by atoms with van der Waals surface area (Å²) in [6, 6.07) is 0.317. The average molecular weight is 307 g/mol. The minimum atomic E-state index is -0.785. The zero-order valence-corrected chi connectivity index (χ0v) is 14.1. The van der Waals surface area contributed by atoms with Crippen LogP contribution < -0.4 is 0 Å². The molecule has 0 unspecified atom stereocenters. The van der Waals surface area contributed by atoms with Gasteiger partial charge in [0, 0.05) is 12.6 Å². The molecule has 2 aliphatic carbocycles. The van der Waals surface area contributed by atoms with Crippen molar-refractivity contribution in [3.8, 4) is 0 Å². The van der Waals surface area contributed by atoms with E-state index in [4.69, 9.17) is 0 Å². The van der Waals surface area contributed by atoms with Gasteiger partial charge in [-0.25, -0.2) is 0 Å². The number of carbonyl (C=O) groups excluding carboxylic acids is 1. The molecule has 0 aromatic rings. The molecule has 4 nitrogen and oxygen atoms in total. The molecule has 0 aromatic carbocycles. The molecule has 0 radical (unpaired) electrons. The number of amides is 1. The van der Waals surface area contributed by atoms with Crippen molar-refractivity contribution in [3.05, 3.63) is 0 Å². The van der Waals surface area contributed by atoms with Crippen molar-refractivity contribution >= 4 is 11.9 Å². The van der Waals surface area contributed by atoms with Gasteiger partial charge in [-0.1, -0.05) is 33.6 Å². The number of hydrogen-bond acceptors (Lipinski definition) is 2. The van der Waals surface area contributed by atoms with Crippen molar-refractivity contribution < 1.29 is 14.7 Å². The fraction of sp³-hybridized carbons (Fsp3) is 0.889.